The average Bonchev–Trinajstić information content (AvgIpc) is 3.23. The topological polar surface area (TPSA) is 178 Å². The number of rotatable bonds is 42. The second-order valence-corrected chi connectivity index (χ2v) is 17.7. The van der Waals surface area contributed by atoms with Crippen LogP contribution < -0.4 is 0 Å². The molecule has 12 nitrogen and oxygen atoms in total. The Morgan fingerprint density at radius 2 is 1.10 bits per heavy atom. The van der Waals surface area contributed by atoms with Gasteiger partial charge in [-0.2, -0.15) is 8.42 Å². The third-order valence-corrected chi connectivity index (χ3v) is 11.5. The summed E-state index contributed by atoms with van der Waals surface area (Å²) < 4.78 is 59.1. The van der Waals surface area contributed by atoms with Crippen molar-refractivity contribution in [2.75, 3.05) is 26.4 Å². The molecule has 1 fully saturated rings. The van der Waals surface area contributed by atoms with Crippen LogP contribution in [0.15, 0.2) is 36.5 Å². The zero-order valence-corrected chi connectivity index (χ0v) is 39.0. The van der Waals surface area contributed by atoms with Crippen LogP contribution in [0.5, 0.6) is 0 Å². The zero-order valence-electron chi connectivity index (χ0n) is 38.2. The second kappa shape index (κ2) is 39.9. The number of allylic oxidation sites excluding steroid dienone is 6. The third-order valence-electron chi connectivity index (χ3n) is 11.0. The van der Waals surface area contributed by atoms with Crippen LogP contribution in [0.3, 0.4) is 0 Å². The van der Waals surface area contributed by atoms with Gasteiger partial charge in [-0.15, -0.1) is 0 Å². The van der Waals surface area contributed by atoms with Crippen LogP contribution in [0, 0.1) is 0 Å². The van der Waals surface area contributed by atoms with Crippen molar-refractivity contribution in [1.82, 2.24) is 0 Å². The number of hydrogen-bond acceptors (Lipinski definition) is 11. The van der Waals surface area contributed by atoms with E-state index in [2.05, 4.69) is 54.5 Å². The van der Waals surface area contributed by atoms with Gasteiger partial charge in [-0.1, -0.05) is 166 Å². The standard InChI is InChI=1S/C48H88O12S/c1-3-5-7-9-11-13-15-17-19-20-21-22-23-24-26-28-30-32-34-36-38-56-40-42(41-57-48-46(52)47(60-61(53,54)55)45(51)43(39-49)59-48)58-44(50)37-35-33-31-29-27-25-18-16-14-12-10-8-6-4-2/h10,12,16-19,42-43,45-49,51-52H,3-9,11,13-15,20-41H2,1-2H3,(H,53,54,55)/b12-10-,18-16-,19-17-. The van der Waals surface area contributed by atoms with Crippen LogP contribution in [-0.4, -0.2) is 97.5 Å². The number of aliphatic hydroxyl groups is 3. The monoisotopic (exact) mass is 889 g/mol. The summed E-state index contributed by atoms with van der Waals surface area (Å²) >= 11 is 0. The first kappa shape index (κ1) is 57.3. The Morgan fingerprint density at radius 3 is 1.62 bits per heavy atom. The van der Waals surface area contributed by atoms with Crippen molar-refractivity contribution in [2.24, 2.45) is 0 Å². The van der Waals surface area contributed by atoms with E-state index in [0.717, 1.165) is 64.2 Å². The molecule has 358 valence electrons. The van der Waals surface area contributed by atoms with Gasteiger partial charge in [0.2, 0.25) is 0 Å². The quantitative estimate of drug-likeness (QED) is 0.0198. The molecule has 0 aromatic rings. The summed E-state index contributed by atoms with van der Waals surface area (Å²) in [5.74, 6) is -0.413. The molecule has 0 saturated carbocycles. The van der Waals surface area contributed by atoms with Crippen molar-refractivity contribution in [2.45, 2.75) is 237 Å². The number of carbonyl (C=O) groups is 1. The normalized spacial score (nSPS) is 20.4. The van der Waals surface area contributed by atoms with Gasteiger partial charge in [0.1, 0.15) is 30.5 Å². The highest BCUT2D eigenvalue weighted by molar-refractivity contribution is 7.80. The lowest BCUT2D eigenvalue weighted by molar-refractivity contribution is -0.301. The Labute approximate surface area is 371 Å². The van der Waals surface area contributed by atoms with Crippen LogP contribution in [0.4, 0.5) is 0 Å². The van der Waals surface area contributed by atoms with Gasteiger partial charge in [-0.05, 0) is 64.2 Å². The molecule has 0 radical (unpaired) electrons. The molecule has 6 unspecified atom stereocenters. The molecule has 0 aromatic carbocycles. The van der Waals surface area contributed by atoms with Crippen LogP contribution in [0.1, 0.15) is 200 Å². The van der Waals surface area contributed by atoms with E-state index < -0.39 is 59.8 Å². The van der Waals surface area contributed by atoms with Crippen LogP contribution in [0.2, 0.25) is 0 Å². The highest BCUT2D eigenvalue weighted by Crippen LogP contribution is 2.26. The summed E-state index contributed by atoms with van der Waals surface area (Å²) in [4.78, 5) is 12.8. The van der Waals surface area contributed by atoms with E-state index in [1.54, 1.807) is 0 Å². The largest absolute Gasteiger partial charge is 0.457 e. The highest BCUT2D eigenvalue weighted by atomic mass is 32.3. The lowest BCUT2D eigenvalue weighted by Gasteiger charge is -2.41. The van der Waals surface area contributed by atoms with E-state index in [-0.39, 0.29) is 19.6 Å². The van der Waals surface area contributed by atoms with Crippen molar-refractivity contribution < 1.29 is 56.2 Å². The first-order valence-electron chi connectivity index (χ1n) is 24.2. The number of esters is 1. The number of unbranched alkanes of at least 4 members (excludes halogenated alkanes) is 23. The van der Waals surface area contributed by atoms with E-state index in [1.165, 1.54) is 109 Å². The Hall–Kier alpha value is -1.68. The minimum atomic E-state index is -5.06. The zero-order chi connectivity index (χ0) is 44.7. The Kier molecular flexibility index (Phi) is 37.5. The molecule has 1 heterocycles. The summed E-state index contributed by atoms with van der Waals surface area (Å²) in [6, 6.07) is 0. The summed E-state index contributed by atoms with van der Waals surface area (Å²) in [6.45, 7) is 3.94. The molecule has 6 atom stereocenters. The Bertz CT molecular complexity index is 1210. The molecule has 13 heteroatoms. The molecule has 61 heavy (non-hydrogen) atoms. The Balaban J connectivity index is 2.38. The fourth-order valence-electron chi connectivity index (χ4n) is 7.27. The van der Waals surface area contributed by atoms with Crippen LogP contribution in [-0.2, 0) is 38.3 Å². The summed E-state index contributed by atoms with van der Waals surface area (Å²) in [5.41, 5.74) is 0. The first-order chi connectivity index (χ1) is 29.6. The molecular weight excluding hydrogens is 801 g/mol. The maximum atomic E-state index is 12.8. The molecule has 0 amide bonds. The van der Waals surface area contributed by atoms with Gasteiger partial charge in [0.05, 0.1) is 19.8 Å². The lowest BCUT2D eigenvalue weighted by atomic mass is 9.99. The molecule has 1 saturated heterocycles. The SMILES string of the molecule is CCCC/C=C\C/C=C\CCCCCCCC(=O)OC(COCCCCCCCCCCCC/C=C\CCCCCCCC)COC1OC(CO)C(O)C(OS(=O)(=O)O)C1O. The molecule has 0 aromatic heterocycles. The molecule has 0 aliphatic carbocycles. The molecule has 0 spiro atoms. The minimum Gasteiger partial charge on any atom is -0.457 e. The maximum absolute atomic E-state index is 12.8. The third kappa shape index (κ3) is 33.5. The van der Waals surface area contributed by atoms with Crippen molar-refractivity contribution >= 4 is 16.4 Å². The van der Waals surface area contributed by atoms with Gasteiger partial charge in [-0.25, -0.2) is 4.18 Å². The smallest absolute Gasteiger partial charge is 0.397 e. The van der Waals surface area contributed by atoms with Gasteiger partial charge in [0.25, 0.3) is 0 Å². The minimum absolute atomic E-state index is 0.0303. The van der Waals surface area contributed by atoms with E-state index in [1.807, 2.05) is 0 Å². The number of ether oxygens (including phenoxy) is 4. The van der Waals surface area contributed by atoms with Crippen molar-refractivity contribution in [1.29, 1.82) is 0 Å². The molecule has 0 bridgehead atoms. The molecule has 1 aliphatic rings. The van der Waals surface area contributed by atoms with E-state index >= 15 is 0 Å². The summed E-state index contributed by atoms with van der Waals surface area (Å²) in [7, 11) is -5.06. The lowest BCUT2D eigenvalue weighted by Crippen LogP contribution is -2.60. The van der Waals surface area contributed by atoms with Crippen LogP contribution in [0.25, 0.3) is 0 Å². The van der Waals surface area contributed by atoms with Gasteiger partial charge < -0.3 is 34.3 Å². The average molecular weight is 889 g/mol. The molecular formula is C48H88O12S. The predicted molar refractivity (Wildman–Crippen MR) is 243 cm³/mol. The van der Waals surface area contributed by atoms with Crippen molar-refractivity contribution in [3.8, 4) is 0 Å². The van der Waals surface area contributed by atoms with E-state index in [9.17, 15) is 28.5 Å². The Morgan fingerprint density at radius 1 is 0.623 bits per heavy atom. The second-order valence-electron chi connectivity index (χ2n) is 16.7. The fourth-order valence-corrected chi connectivity index (χ4v) is 7.78. The van der Waals surface area contributed by atoms with Crippen molar-refractivity contribution in [3.63, 3.8) is 0 Å². The number of carbonyl (C=O) groups excluding carboxylic acids is 1. The predicted octanol–water partition coefficient (Wildman–Crippen LogP) is 10.6. The molecule has 4 N–H and O–H groups in total. The van der Waals surface area contributed by atoms with Crippen LogP contribution >= 0.6 is 0 Å². The summed E-state index contributed by atoms with van der Waals surface area (Å²) in [5, 5.41) is 30.7. The first-order valence-corrected chi connectivity index (χ1v) is 25.6. The number of hydrogen-bond donors (Lipinski definition) is 4. The summed E-state index contributed by atoms with van der Waals surface area (Å²) in [6.07, 6.45) is 37.5. The fraction of sp³-hybridized carbons (Fsp3) is 0.854. The maximum Gasteiger partial charge on any atom is 0.397 e. The van der Waals surface area contributed by atoms with Gasteiger partial charge >= 0.3 is 16.4 Å². The number of aliphatic hydroxyl groups excluding tert-OH is 3. The van der Waals surface area contributed by atoms with Crippen molar-refractivity contribution in [3.05, 3.63) is 36.5 Å². The highest BCUT2D eigenvalue weighted by Gasteiger charge is 2.48. The van der Waals surface area contributed by atoms with E-state index in [4.69, 9.17) is 23.5 Å². The van der Waals surface area contributed by atoms with E-state index in [0.29, 0.717) is 13.0 Å². The molecule has 1 aliphatic heterocycles. The molecule has 1 rings (SSSR count). The van der Waals surface area contributed by atoms with Gasteiger partial charge in [0.15, 0.2) is 6.29 Å². The van der Waals surface area contributed by atoms with Gasteiger partial charge in [0, 0.05) is 13.0 Å². The van der Waals surface area contributed by atoms with Gasteiger partial charge in [-0.3, -0.25) is 9.35 Å².